The fraction of sp³-hybridized carbons (Fsp3) is 0.444. The van der Waals surface area contributed by atoms with Gasteiger partial charge in [0.1, 0.15) is 28.4 Å². The average Bonchev–Trinajstić information content (AvgIpc) is 3.69. The molecule has 2 saturated heterocycles. The van der Waals surface area contributed by atoms with Crippen LogP contribution in [0.5, 0.6) is 5.75 Å². The average molecular weight is 741 g/mol. The summed E-state index contributed by atoms with van der Waals surface area (Å²) in [6.07, 6.45) is 2.53. The zero-order valence-electron chi connectivity index (χ0n) is 29.7. The van der Waals surface area contributed by atoms with Crippen LogP contribution in [-0.2, 0) is 25.7 Å². The second-order valence-electron chi connectivity index (χ2n) is 14.0. The van der Waals surface area contributed by atoms with E-state index in [-0.39, 0.29) is 94.2 Å². The Morgan fingerprint density at radius 2 is 1.71 bits per heavy atom. The molecule has 2 aliphatic rings. The van der Waals surface area contributed by atoms with Crippen LogP contribution < -0.4 is 9.64 Å². The number of piperazine rings is 1. The number of pyridine rings is 1. The minimum absolute atomic E-state index is 0.0161. The van der Waals surface area contributed by atoms with E-state index in [4.69, 9.17) is 14.2 Å². The van der Waals surface area contributed by atoms with Crippen LogP contribution in [0.4, 0.5) is 23.8 Å². The Labute approximate surface area is 298 Å². The Kier molecular flexibility index (Phi) is 8.96. The molecule has 0 radical (unpaired) electrons. The number of nitrogens with zero attached hydrogens (tertiary/aromatic N) is 6. The monoisotopic (exact) mass is 740 g/mol. The first-order valence-electron chi connectivity index (χ1n) is 17.1. The molecule has 52 heavy (non-hydrogen) atoms. The Bertz CT molecular complexity index is 2350. The zero-order chi connectivity index (χ0) is 37.3. The van der Waals surface area contributed by atoms with E-state index in [1.165, 1.54) is 36.9 Å². The second kappa shape index (κ2) is 13.1. The molecule has 0 aliphatic carbocycles. The fourth-order valence-corrected chi connectivity index (χ4v) is 8.10. The van der Waals surface area contributed by atoms with Gasteiger partial charge in [-0.25, -0.2) is 40.9 Å². The van der Waals surface area contributed by atoms with Gasteiger partial charge in [-0.1, -0.05) is 13.8 Å². The number of methoxy groups -OCH3 is 1. The fourth-order valence-electron chi connectivity index (χ4n) is 7.39. The third-order valence-corrected chi connectivity index (χ3v) is 11.1. The Hall–Kier alpha value is -4.70. The topological polar surface area (TPSA) is 128 Å². The Morgan fingerprint density at radius 3 is 2.35 bits per heavy atom. The molecule has 0 spiro atoms. The SMILES string of the molecule is CCc1c(F)ccc2c(F)c(OCOC)cc(-c3c(F)c4nc(S(=O)(=O)CC)nc(N5CC6CCC(C5)N6C(=O)OC(C)(C)C)c4c4ccnn34)c12. The van der Waals surface area contributed by atoms with E-state index >= 15 is 13.2 Å². The number of rotatable bonds is 8. The Morgan fingerprint density at radius 1 is 1.00 bits per heavy atom. The van der Waals surface area contributed by atoms with Crippen LogP contribution in [-0.4, -0.2) is 89.4 Å². The van der Waals surface area contributed by atoms with Crippen LogP contribution in [0.15, 0.2) is 35.6 Å². The van der Waals surface area contributed by atoms with E-state index in [1.807, 2.05) is 4.90 Å². The van der Waals surface area contributed by atoms with E-state index < -0.39 is 44.1 Å². The highest BCUT2D eigenvalue weighted by Crippen LogP contribution is 2.44. The smallest absolute Gasteiger partial charge is 0.410 e. The summed E-state index contributed by atoms with van der Waals surface area (Å²) in [5.41, 5.74) is -0.696. The van der Waals surface area contributed by atoms with Crippen LogP contribution >= 0.6 is 0 Å². The summed E-state index contributed by atoms with van der Waals surface area (Å²) >= 11 is 0. The first-order valence-corrected chi connectivity index (χ1v) is 18.8. The summed E-state index contributed by atoms with van der Waals surface area (Å²) in [5.74, 6) is -2.82. The molecule has 2 unspecified atom stereocenters. The van der Waals surface area contributed by atoms with E-state index in [0.717, 1.165) is 6.07 Å². The van der Waals surface area contributed by atoms with Crippen LogP contribution in [0.2, 0.25) is 0 Å². The predicted octanol–water partition coefficient (Wildman–Crippen LogP) is 6.44. The number of sulfone groups is 1. The maximum absolute atomic E-state index is 17.5. The zero-order valence-corrected chi connectivity index (χ0v) is 30.5. The van der Waals surface area contributed by atoms with Gasteiger partial charge in [0.25, 0.3) is 0 Å². The molecular weight excluding hydrogens is 701 g/mol. The van der Waals surface area contributed by atoms with E-state index in [1.54, 1.807) is 38.7 Å². The number of carbonyl (C=O) groups is 1. The number of hydrogen-bond donors (Lipinski definition) is 0. The van der Waals surface area contributed by atoms with Crippen LogP contribution in [0.1, 0.15) is 53.0 Å². The number of amides is 1. The third kappa shape index (κ3) is 5.85. The van der Waals surface area contributed by atoms with Gasteiger partial charge in [0.05, 0.1) is 34.9 Å². The molecule has 12 nitrogen and oxygen atoms in total. The quantitative estimate of drug-likeness (QED) is 0.130. The van der Waals surface area contributed by atoms with Crippen molar-refractivity contribution < 1.29 is 40.6 Å². The van der Waals surface area contributed by atoms with Gasteiger partial charge < -0.3 is 19.1 Å². The molecule has 3 aromatic heterocycles. The number of carbonyl (C=O) groups excluding carboxylic acids is 1. The number of hydrogen-bond acceptors (Lipinski definition) is 10. The van der Waals surface area contributed by atoms with E-state index in [0.29, 0.717) is 18.4 Å². The van der Waals surface area contributed by atoms with Gasteiger partial charge in [-0.05, 0) is 69.9 Å². The molecule has 2 fully saturated rings. The first kappa shape index (κ1) is 35.7. The Balaban J connectivity index is 1.50. The highest BCUT2D eigenvalue weighted by atomic mass is 32.2. The van der Waals surface area contributed by atoms with E-state index in [2.05, 4.69) is 15.1 Å². The molecule has 5 heterocycles. The number of benzene rings is 2. The molecule has 2 aliphatic heterocycles. The summed E-state index contributed by atoms with van der Waals surface area (Å²) in [7, 11) is -2.71. The number of fused-ring (bicyclic) bond motifs is 6. The summed E-state index contributed by atoms with van der Waals surface area (Å²) in [6, 6.07) is 4.75. The summed E-state index contributed by atoms with van der Waals surface area (Å²) in [4.78, 5) is 25.7. The maximum atomic E-state index is 17.5. The number of halogens is 3. The minimum atomic E-state index is -4.07. The van der Waals surface area contributed by atoms with Crippen molar-refractivity contribution in [1.29, 1.82) is 0 Å². The van der Waals surface area contributed by atoms with Crippen molar-refractivity contribution in [1.82, 2.24) is 24.5 Å². The van der Waals surface area contributed by atoms with Gasteiger partial charge in [0, 0.05) is 36.5 Å². The van der Waals surface area contributed by atoms with Crippen molar-refractivity contribution in [2.24, 2.45) is 0 Å². The number of aryl methyl sites for hydroxylation is 1. The normalized spacial score (nSPS) is 17.9. The van der Waals surface area contributed by atoms with Gasteiger partial charge in [-0.2, -0.15) is 5.10 Å². The van der Waals surface area contributed by atoms with E-state index in [9.17, 15) is 13.2 Å². The molecule has 0 saturated carbocycles. The summed E-state index contributed by atoms with van der Waals surface area (Å²) in [5, 5.41) is 4.17. The molecule has 7 rings (SSSR count). The molecule has 5 aromatic rings. The maximum Gasteiger partial charge on any atom is 0.410 e. The summed E-state index contributed by atoms with van der Waals surface area (Å²) in [6.45, 7) is 8.77. The number of anilines is 1. The predicted molar refractivity (Wildman–Crippen MR) is 188 cm³/mol. The lowest BCUT2D eigenvalue weighted by Crippen LogP contribution is -2.57. The van der Waals surface area contributed by atoms with Gasteiger partial charge in [-0.15, -0.1) is 0 Å². The highest BCUT2D eigenvalue weighted by Gasteiger charge is 2.45. The molecule has 1 amide bonds. The molecule has 16 heteroatoms. The van der Waals surface area contributed by atoms with Crippen LogP contribution in [0, 0.1) is 17.5 Å². The third-order valence-electron chi connectivity index (χ3n) is 9.63. The molecule has 2 bridgehead atoms. The van der Waals surface area contributed by atoms with Gasteiger partial charge in [0.15, 0.2) is 24.2 Å². The lowest BCUT2D eigenvalue weighted by molar-refractivity contribution is 0.0122. The van der Waals surface area contributed by atoms with Crippen molar-refractivity contribution in [2.75, 3.05) is 37.6 Å². The molecular formula is C36H39F3N6O6S. The highest BCUT2D eigenvalue weighted by molar-refractivity contribution is 7.91. The molecule has 276 valence electrons. The molecule has 2 aromatic carbocycles. The van der Waals surface area contributed by atoms with Gasteiger partial charge in [-0.3, -0.25) is 4.90 Å². The number of ether oxygens (including phenoxy) is 3. The van der Waals surface area contributed by atoms with Crippen molar-refractivity contribution >= 4 is 48.9 Å². The van der Waals surface area contributed by atoms with Crippen molar-refractivity contribution in [3.63, 3.8) is 0 Å². The lowest BCUT2D eigenvalue weighted by Gasteiger charge is -2.42. The second-order valence-corrected chi connectivity index (χ2v) is 16.2. The van der Waals surface area contributed by atoms with Crippen molar-refractivity contribution in [3.8, 4) is 17.0 Å². The van der Waals surface area contributed by atoms with Gasteiger partial charge in [0.2, 0.25) is 15.0 Å². The van der Waals surface area contributed by atoms with Crippen LogP contribution in [0.3, 0.4) is 0 Å². The van der Waals surface area contributed by atoms with Gasteiger partial charge >= 0.3 is 6.09 Å². The largest absolute Gasteiger partial charge is 0.464 e. The van der Waals surface area contributed by atoms with Crippen LogP contribution in [0.25, 0.3) is 38.4 Å². The van der Waals surface area contributed by atoms with Crippen molar-refractivity contribution in [2.45, 2.75) is 76.7 Å². The van der Waals surface area contributed by atoms with Crippen molar-refractivity contribution in [3.05, 3.63) is 53.5 Å². The summed E-state index contributed by atoms with van der Waals surface area (Å²) < 4.78 is 93.1. The first-order chi connectivity index (χ1) is 24.7. The standard InChI is InChI=1S/C36H39F3N6O6S/c1-7-21-24(37)12-11-22-27(21)23(15-26(29(22)38)50-18-49-6)32-30(39)31-28(25-13-14-40-45(25)32)33(42-34(41-31)52(47,48)8-2)43-16-19-9-10-20(17-43)44(19)35(46)51-36(3,4)5/h11-15,19-20H,7-10,16-18H2,1-6H3. The number of aromatic nitrogens is 4. The minimum Gasteiger partial charge on any atom is -0.464 e. The lowest BCUT2D eigenvalue weighted by atomic mass is 9.93. The molecule has 0 N–H and O–H groups in total. The molecule has 2 atom stereocenters.